The van der Waals surface area contributed by atoms with Gasteiger partial charge in [-0.25, -0.2) is 0 Å². The van der Waals surface area contributed by atoms with Crippen LogP contribution in [0.5, 0.6) is 5.75 Å². The lowest BCUT2D eigenvalue weighted by atomic mass is 9.97. The minimum atomic E-state index is -0.739. The normalized spacial score (nSPS) is 20.6. The van der Waals surface area contributed by atoms with E-state index in [2.05, 4.69) is 0 Å². The van der Waals surface area contributed by atoms with Crippen LogP contribution in [0.3, 0.4) is 0 Å². The molecule has 3 nitrogen and oxygen atoms in total. The van der Waals surface area contributed by atoms with Crippen molar-refractivity contribution in [3.05, 3.63) is 28.3 Å². The molecule has 0 bridgehead atoms. The number of benzene rings is 1. The number of ether oxygens (including phenoxy) is 1. The van der Waals surface area contributed by atoms with Crippen LogP contribution in [0.1, 0.15) is 38.0 Å². The standard InChI is InChI=1S/C13H18ClNO2/c1-7(15)12(16)8-4-5-10-9(11(8)14)6-13(2,3)17-10/h4-5,7,12,16H,6,15H2,1-3H3. The molecule has 1 aromatic carbocycles. The smallest absolute Gasteiger partial charge is 0.124 e. The fourth-order valence-corrected chi connectivity index (χ4v) is 2.49. The number of aliphatic hydroxyl groups is 1. The van der Waals surface area contributed by atoms with Crippen molar-refractivity contribution in [1.29, 1.82) is 0 Å². The van der Waals surface area contributed by atoms with Crippen LogP contribution >= 0.6 is 11.6 Å². The van der Waals surface area contributed by atoms with Crippen LogP contribution < -0.4 is 10.5 Å². The molecule has 2 unspecified atom stereocenters. The molecular weight excluding hydrogens is 238 g/mol. The molecule has 1 aromatic rings. The van der Waals surface area contributed by atoms with Crippen LogP contribution in [0.4, 0.5) is 0 Å². The predicted molar refractivity (Wildman–Crippen MR) is 68.5 cm³/mol. The van der Waals surface area contributed by atoms with Crippen molar-refractivity contribution in [3.63, 3.8) is 0 Å². The van der Waals surface area contributed by atoms with E-state index in [-0.39, 0.29) is 11.6 Å². The maximum Gasteiger partial charge on any atom is 0.124 e. The Morgan fingerprint density at radius 3 is 2.71 bits per heavy atom. The molecular formula is C13H18ClNO2. The van der Waals surface area contributed by atoms with E-state index in [4.69, 9.17) is 22.1 Å². The largest absolute Gasteiger partial charge is 0.487 e. The molecule has 1 aliphatic heterocycles. The van der Waals surface area contributed by atoms with Gasteiger partial charge in [0.1, 0.15) is 11.4 Å². The Hall–Kier alpha value is -0.770. The number of hydrogen-bond donors (Lipinski definition) is 2. The lowest BCUT2D eigenvalue weighted by Gasteiger charge is -2.17. The van der Waals surface area contributed by atoms with E-state index < -0.39 is 6.10 Å². The Morgan fingerprint density at radius 2 is 2.12 bits per heavy atom. The Kier molecular flexibility index (Phi) is 3.10. The van der Waals surface area contributed by atoms with Gasteiger partial charge in [-0.1, -0.05) is 17.7 Å². The van der Waals surface area contributed by atoms with Crippen LogP contribution in [0.2, 0.25) is 5.02 Å². The summed E-state index contributed by atoms with van der Waals surface area (Å²) in [7, 11) is 0. The summed E-state index contributed by atoms with van der Waals surface area (Å²) in [6.45, 7) is 5.80. The fraction of sp³-hybridized carbons (Fsp3) is 0.538. The minimum absolute atomic E-state index is 0.232. The number of aliphatic hydroxyl groups excluding tert-OH is 1. The van der Waals surface area contributed by atoms with Gasteiger partial charge in [0.15, 0.2) is 0 Å². The van der Waals surface area contributed by atoms with Crippen LogP contribution in [-0.4, -0.2) is 16.7 Å². The second-order valence-electron chi connectivity index (χ2n) is 5.29. The van der Waals surface area contributed by atoms with Crippen molar-refractivity contribution in [1.82, 2.24) is 0 Å². The Labute approximate surface area is 107 Å². The third kappa shape index (κ3) is 2.28. The molecule has 2 rings (SSSR count). The van der Waals surface area contributed by atoms with Gasteiger partial charge in [0, 0.05) is 23.6 Å². The zero-order valence-corrected chi connectivity index (χ0v) is 11.1. The Bertz CT molecular complexity index is 443. The van der Waals surface area contributed by atoms with Crippen LogP contribution in [0, 0.1) is 0 Å². The number of hydrogen-bond acceptors (Lipinski definition) is 3. The number of halogens is 1. The SMILES string of the molecule is CC(N)C(O)c1ccc2c(c1Cl)CC(C)(C)O2. The topological polar surface area (TPSA) is 55.5 Å². The molecule has 4 heteroatoms. The molecule has 2 atom stereocenters. The summed E-state index contributed by atoms with van der Waals surface area (Å²) in [4.78, 5) is 0. The molecule has 1 heterocycles. The minimum Gasteiger partial charge on any atom is -0.487 e. The molecule has 0 aliphatic carbocycles. The summed E-state index contributed by atoms with van der Waals surface area (Å²) in [5.74, 6) is 0.806. The summed E-state index contributed by atoms with van der Waals surface area (Å²) < 4.78 is 5.77. The van der Waals surface area contributed by atoms with E-state index in [1.54, 1.807) is 13.0 Å². The maximum atomic E-state index is 9.99. The molecule has 0 amide bonds. The maximum absolute atomic E-state index is 9.99. The molecule has 3 N–H and O–H groups in total. The average molecular weight is 256 g/mol. The van der Waals surface area contributed by atoms with E-state index in [0.717, 1.165) is 17.7 Å². The van der Waals surface area contributed by atoms with E-state index in [0.29, 0.717) is 10.6 Å². The Morgan fingerprint density at radius 1 is 1.47 bits per heavy atom. The van der Waals surface area contributed by atoms with Gasteiger partial charge in [-0.15, -0.1) is 0 Å². The first-order valence-electron chi connectivity index (χ1n) is 5.76. The first-order valence-corrected chi connectivity index (χ1v) is 6.13. The molecule has 1 aliphatic rings. The zero-order chi connectivity index (χ0) is 12.8. The predicted octanol–water partition coefficient (Wildman–Crippen LogP) is 2.43. The van der Waals surface area contributed by atoms with Crippen molar-refractivity contribution >= 4 is 11.6 Å². The highest BCUT2D eigenvalue weighted by Gasteiger charge is 2.33. The zero-order valence-electron chi connectivity index (χ0n) is 10.3. The molecule has 17 heavy (non-hydrogen) atoms. The van der Waals surface area contributed by atoms with E-state index in [9.17, 15) is 5.11 Å². The number of nitrogens with two attached hydrogens (primary N) is 1. The summed E-state index contributed by atoms with van der Waals surface area (Å²) in [5, 5.41) is 10.6. The first-order chi connectivity index (χ1) is 7.82. The van der Waals surface area contributed by atoms with Crippen molar-refractivity contribution in [2.24, 2.45) is 5.73 Å². The molecule has 94 valence electrons. The van der Waals surface area contributed by atoms with Crippen LogP contribution in [-0.2, 0) is 6.42 Å². The highest BCUT2D eigenvalue weighted by molar-refractivity contribution is 6.32. The van der Waals surface area contributed by atoms with E-state index >= 15 is 0 Å². The molecule has 0 saturated carbocycles. The van der Waals surface area contributed by atoms with E-state index in [1.165, 1.54) is 0 Å². The second-order valence-corrected chi connectivity index (χ2v) is 5.67. The fourth-order valence-electron chi connectivity index (χ4n) is 2.15. The van der Waals surface area contributed by atoms with Gasteiger partial charge in [0.25, 0.3) is 0 Å². The summed E-state index contributed by atoms with van der Waals surface area (Å²) in [6.07, 6.45) is 0.0113. The van der Waals surface area contributed by atoms with Crippen molar-refractivity contribution in [2.75, 3.05) is 0 Å². The number of fused-ring (bicyclic) bond motifs is 1. The molecule has 0 aromatic heterocycles. The van der Waals surface area contributed by atoms with Gasteiger partial charge in [-0.2, -0.15) is 0 Å². The van der Waals surface area contributed by atoms with Crippen LogP contribution in [0.15, 0.2) is 12.1 Å². The third-order valence-electron chi connectivity index (χ3n) is 3.04. The van der Waals surface area contributed by atoms with Gasteiger partial charge in [-0.3, -0.25) is 0 Å². The van der Waals surface area contributed by atoms with Crippen molar-refractivity contribution < 1.29 is 9.84 Å². The summed E-state index contributed by atoms with van der Waals surface area (Å²) in [6, 6.07) is 3.30. The summed E-state index contributed by atoms with van der Waals surface area (Å²) in [5.41, 5.74) is 7.11. The monoisotopic (exact) mass is 255 g/mol. The highest BCUT2D eigenvalue weighted by atomic mass is 35.5. The lowest BCUT2D eigenvalue weighted by molar-refractivity contribution is 0.138. The van der Waals surface area contributed by atoms with E-state index in [1.807, 2.05) is 19.9 Å². The first kappa shape index (κ1) is 12.7. The van der Waals surface area contributed by atoms with Crippen molar-refractivity contribution in [2.45, 2.75) is 44.9 Å². The Balaban J connectivity index is 2.42. The highest BCUT2D eigenvalue weighted by Crippen LogP contribution is 2.42. The molecule has 0 saturated heterocycles. The van der Waals surface area contributed by atoms with Gasteiger partial charge in [0.05, 0.1) is 11.1 Å². The lowest BCUT2D eigenvalue weighted by Crippen LogP contribution is -2.25. The third-order valence-corrected chi connectivity index (χ3v) is 3.48. The average Bonchev–Trinajstić information content (AvgIpc) is 2.53. The summed E-state index contributed by atoms with van der Waals surface area (Å²) >= 11 is 6.32. The quantitative estimate of drug-likeness (QED) is 0.854. The van der Waals surface area contributed by atoms with Gasteiger partial charge >= 0.3 is 0 Å². The molecule has 0 fully saturated rings. The van der Waals surface area contributed by atoms with Gasteiger partial charge in [0.2, 0.25) is 0 Å². The molecule has 0 radical (unpaired) electrons. The number of rotatable bonds is 2. The van der Waals surface area contributed by atoms with Crippen LogP contribution in [0.25, 0.3) is 0 Å². The van der Waals surface area contributed by atoms with Crippen molar-refractivity contribution in [3.8, 4) is 5.75 Å². The van der Waals surface area contributed by atoms with Gasteiger partial charge in [-0.05, 0) is 26.8 Å². The molecule has 0 spiro atoms. The van der Waals surface area contributed by atoms with Gasteiger partial charge < -0.3 is 15.6 Å². The second kappa shape index (κ2) is 4.16.